The third-order valence-corrected chi connectivity index (χ3v) is 7.73. The van der Waals surface area contributed by atoms with E-state index in [9.17, 15) is 4.79 Å². The van der Waals surface area contributed by atoms with Crippen molar-refractivity contribution >= 4 is 52.3 Å². The minimum absolute atomic E-state index is 0.0403. The number of carbonyl (C=O) groups is 1. The van der Waals surface area contributed by atoms with Crippen molar-refractivity contribution in [2.24, 2.45) is 0 Å². The Bertz CT molecular complexity index is 1240. The van der Waals surface area contributed by atoms with E-state index in [1.54, 1.807) is 24.3 Å². The van der Waals surface area contributed by atoms with Gasteiger partial charge in [-0.05, 0) is 54.3 Å². The van der Waals surface area contributed by atoms with Crippen LogP contribution in [-0.2, 0) is 22.6 Å². The largest absolute Gasteiger partial charge is 0.365 e. The summed E-state index contributed by atoms with van der Waals surface area (Å²) in [6.07, 6.45) is 4.04. The normalized spacial score (nSPS) is 15.4. The van der Waals surface area contributed by atoms with Gasteiger partial charge in [0, 0.05) is 34.0 Å². The molecule has 4 rings (SSSR count). The average Bonchev–Trinajstić information content (AvgIpc) is 3.41. The third-order valence-electron chi connectivity index (χ3n) is 6.41. The minimum atomic E-state index is -0.558. The van der Waals surface area contributed by atoms with Gasteiger partial charge in [-0.1, -0.05) is 94.9 Å². The maximum atomic E-state index is 12.8. The fourth-order valence-corrected chi connectivity index (χ4v) is 5.05. The van der Waals surface area contributed by atoms with Gasteiger partial charge in [0.15, 0.2) is 0 Å². The Hall–Kier alpha value is -2.41. The molecule has 38 heavy (non-hydrogen) atoms. The first-order valence-corrected chi connectivity index (χ1v) is 13.9. The molecule has 0 aromatic heterocycles. The van der Waals surface area contributed by atoms with E-state index in [1.807, 2.05) is 65.5 Å². The van der Waals surface area contributed by atoms with Crippen LogP contribution in [-0.4, -0.2) is 40.5 Å². The Kier molecular flexibility index (Phi) is 10.2. The first-order chi connectivity index (χ1) is 18.3. The van der Waals surface area contributed by atoms with Crippen LogP contribution in [0.4, 0.5) is 0 Å². The number of nitrogens with one attached hydrogen (secondary N) is 1. The molecule has 200 valence electrons. The van der Waals surface area contributed by atoms with Crippen LogP contribution in [0.2, 0.25) is 15.1 Å². The molecular weight excluding hydrogens is 564 g/mol. The molecule has 5 nitrogen and oxygen atoms in total. The Morgan fingerprint density at radius 1 is 0.947 bits per heavy atom. The molecule has 0 bridgehead atoms. The van der Waals surface area contributed by atoms with Crippen LogP contribution in [0, 0.1) is 0 Å². The fraction of sp³-hybridized carbons (Fsp3) is 0.276. The second kappa shape index (κ2) is 13.6. The zero-order valence-corrected chi connectivity index (χ0v) is 23.9. The SMILES string of the molecule is CC(C(=O)NCCc1ccccc1)N1C=CN(C(Cl)C(OCc2ccc(Cl)cc2Cl)c2ccc(Cl)cc2)C1. The summed E-state index contributed by atoms with van der Waals surface area (Å²) in [6.45, 7) is 3.14. The lowest BCUT2D eigenvalue weighted by Gasteiger charge is -2.33. The van der Waals surface area contributed by atoms with Crippen molar-refractivity contribution in [3.63, 3.8) is 0 Å². The molecule has 0 saturated heterocycles. The quantitative estimate of drug-likeness (QED) is 0.188. The van der Waals surface area contributed by atoms with Crippen molar-refractivity contribution < 1.29 is 9.53 Å². The van der Waals surface area contributed by atoms with Gasteiger partial charge in [-0.3, -0.25) is 4.79 Å². The maximum Gasteiger partial charge on any atom is 0.242 e. The molecule has 0 aliphatic carbocycles. The number of halogens is 4. The number of carbonyl (C=O) groups excluding carboxylic acids is 1. The molecule has 1 aliphatic rings. The second-order valence-electron chi connectivity index (χ2n) is 9.06. The highest BCUT2D eigenvalue weighted by Gasteiger charge is 2.32. The van der Waals surface area contributed by atoms with Crippen LogP contribution in [0.1, 0.15) is 29.7 Å². The first kappa shape index (κ1) is 28.6. The third kappa shape index (κ3) is 7.58. The highest BCUT2D eigenvalue weighted by Crippen LogP contribution is 2.33. The number of alkyl halides is 1. The second-order valence-corrected chi connectivity index (χ2v) is 10.8. The van der Waals surface area contributed by atoms with E-state index in [2.05, 4.69) is 17.4 Å². The Morgan fingerprint density at radius 2 is 1.63 bits per heavy atom. The summed E-state index contributed by atoms with van der Waals surface area (Å²) >= 11 is 25.5. The topological polar surface area (TPSA) is 44.8 Å². The number of hydrogen-bond acceptors (Lipinski definition) is 4. The zero-order chi connectivity index (χ0) is 27.1. The monoisotopic (exact) mass is 591 g/mol. The number of nitrogens with zero attached hydrogens (tertiary/aromatic N) is 2. The standard InChI is InChI=1S/C29H29Cl4N3O2/c1-20(29(37)34-14-13-21-5-3-2-4-6-21)35-15-16-36(19-35)28(33)27(22-7-10-24(30)11-8-22)38-18-23-9-12-25(31)17-26(23)32/h2-12,15-17,20,27-28H,13-14,18-19H2,1H3,(H,34,37). The van der Waals surface area contributed by atoms with Crippen LogP contribution in [0.3, 0.4) is 0 Å². The molecule has 0 fully saturated rings. The Balaban J connectivity index is 1.38. The van der Waals surface area contributed by atoms with Crippen molar-refractivity contribution in [2.45, 2.75) is 37.6 Å². The van der Waals surface area contributed by atoms with Crippen LogP contribution < -0.4 is 5.32 Å². The molecule has 3 aromatic rings. The highest BCUT2D eigenvalue weighted by molar-refractivity contribution is 6.35. The van der Waals surface area contributed by atoms with Gasteiger partial charge < -0.3 is 19.9 Å². The summed E-state index contributed by atoms with van der Waals surface area (Å²) in [5.41, 5.74) is 2.30. The van der Waals surface area contributed by atoms with Gasteiger partial charge in [0.1, 0.15) is 17.6 Å². The summed E-state index contributed by atoms with van der Waals surface area (Å²) < 4.78 is 6.31. The number of rotatable bonds is 11. The summed E-state index contributed by atoms with van der Waals surface area (Å²) in [7, 11) is 0. The number of ether oxygens (including phenoxy) is 1. The van der Waals surface area contributed by atoms with E-state index in [1.165, 1.54) is 5.56 Å². The lowest BCUT2D eigenvalue weighted by Crippen LogP contribution is -2.45. The summed E-state index contributed by atoms with van der Waals surface area (Å²) in [4.78, 5) is 16.7. The van der Waals surface area contributed by atoms with Crippen LogP contribution in [0.5, 0.6) is 0 Å². The van der Waals surface area contributed by atoms with E-state index in [0.29, 0.717) is 28.3 Å². The van der Waals surface area contributed by atoms with Crippen LogP contribution >= 0.6 is 46.4 Å². The van der Waals surface area contributed by atoms with Crippen LogP contribution in [0.15, 0.2) is 85.2 Å². The van der Waals surface area contributed by atoms with Crippen molar-refractivity contribution in [3.8, 4) is 0 Å². The van der Waals surface area contributed by atoms with Gasteiger partial charge >= 0.3 is 0 Å². The van der Waals surface area contributed by atoms with E-state index in [4.69, 9.17) is 51.1 Å². The molecule has 0 spiro atoms. The Morgan fingerprint density at radius 3 is 2.34 bits per heavy atom. The van der Waals surface area contributed by atoms with Gasteiger partial charge in [-0.2, -0.15) is 0 Å². The molecule has 1 heterocycles. The number of benzene rings is 3. The van der Waals surface area contributed by atoms with Gasteiger partial charge in [-0.25, -0.2) is 0 Å². The van der Waals surface area contributed by atoms with Gasteiger partial charge in [0.2, 0.25) is 5.91 Å². The van der Waals surface area contributed by atoms with Crippen molar-refractivity contribution in [1.29, 1.82) is 0 Å². The van der Waals surface area contributed by atoms with E-state index in [0.717, 1.165) is 17.5 Å². The summed E-state index contributed by atoms with van der Waals surface area (Å²) in [5, 5.41) is 4.74. The van der Waals surface area contributed by atoms with E-state index >= 15 is 0 Å². The summed E-state index contributed by atoms with van der Waals surface area (Å²) in [6, 6.07) is 22.4. The smallest absolute Gasteiger partial charge is 0.242 e. The zero-order valence-electron chi connectivity index (χ0n) is 20.9. The van der Waals surface area contributed by atoms with Crippen LogP contribution in [0.25, 0.3) is 0 Å². The molecule has 9 heteroatoms. The molecule has 3 aromatic carbocycles. The van der Waals surface area contributed by atoms with Gasteiger partial charge in [-0.15, -0.1) is 0 Å². The number of hydrogen-bond donors (Lipinski definition) is 1. The average molecular weight is 593 g/mol. The minimum Gasteiger partial charge on any atom is -0.365 e. The molecule has 1 aliphatic heterocycles. The summed E-state index contributed by atoms with van der Waals surface area (Å²) in [5.74, 6) is -0.0403. The Labute approximate surface area is 243 Å². The predicted molar refractivity (Wildman–Crippen MR) is 155 cm³/mol. The maximum absolute atomic E-state index is 12.8. The van der Waals surface area contributed by atoms with Crippen molar-refractivity contribution in [3.05, 3.63) is 117 Å². The fourth-order valence-electron chi connectivity index (χ4n) is 4.12. The number of amides is 1. The van der Waals surface area contributed by atoms with Crippen molar-refractivity contribution in [1.82, 2.24) is 15.1 Å². The lowest BCUT2D eigenvalue weighted by molar-refractivity contribution is -0.125. The van der Waals surface area contributed by atoms with E-state index in [-0.39, 0.29) is 18.6 Å². The first-order valence-electron chi connectivity index (χ1n) is 12.3. The predicted octanol–water partition coefficient (Wildman–Crippen LogP) is 7.26. The highest BCUT2D eigenvalue weighted by atomic mass is 35.5. The molecule has 3 unspecified atom stereocenters. The van der Waals surface area contributed by atoms with Gasteiger partial charge in [0.25, 0.3) is 0 Å². The molecule has 1 amide bonds. The molecule has 1 N–H and O–H groups in total. The molecular formula is C29H29Cl4N3O2. The molecule has 0 radical (unpaired) electrons. The van der Waals surface area contributed by atoms with Gasteiger partial charge in [0.05, 0.1) is 13.3 Å². The lowest BCUT2D eigenvalue weighted by atomic mass is 10.1. The van der Waals surface area contributed by atoms with E-state index < -0.39 is 11.6 Å². The molecule has 0 saturated carbocycles. The molecule has 3 atom stereocenters. The van der Waals surface area contributed by atoms with Crippen molar-refractivity contribution in [2.75, 3.05) is 13.2 Å².